The van der Waals surface area contributed by atoms with Crippen molar-refractivity contribution in [3.8, 4) is 0 Å². The Morgan fingerprint density at radius 3 is 2.50 bits per heavy atom. The van der Waals surface area contributed by atoms with Gasteiger partial charge in [0.15, 0.2) is 0 Å². The van der Waals surface area contributed by atoms with Crippen molar-refractivity contribution in [2.75, 3.05) is 0 Å². The number of alkyl halides is 1. The summed E-state index contributed by atoms with van der Waals surface area (Å²) in [6, 6.07) is 10.8. The lowest BCUT2D eigenvalue weighted by molar-refractivity contribution is 0.606. The predicted molar refractivity (Wildman–Crippen MR) is 72.8 cm³/mol. The minimum atomic E-state index is -0.406. The highest BCUT2D eigenvalue weighted by Crippen LogP contribution is 2.31. The van der Waals surface area contributed by atoms with Gasteiger partial charge in [-0.05, 0) is 35.7 Å². The van der Waals surface area contributed by atoms with Gasteiger partial charge in [0.25, 0.3) is 0 Å². The highest BCUT2D eigenvalue weighted by Gasteiger charge is 2.14. The molecule has 0 nitrogen and oxygen atoms in total. The molecule has 94 valence electrons. The summed E-state index contributed by atoms with van der Waals surface area (Å²) in [5, 5.41) is -0.406. The fourth-order valence-corrected chi connectivity index (χ4v) is 2.84. The Morgan fingerprint density at radius 1 is 1.11 bits per heavy atom. The van der Waals surface area contributed by atoms with Gasteiger partial charge in [0.2, 0.25) is 0 Å². The second-order valence-electron chi connectivity index (χ2n) is 3.93. The lowest BCUT2D eigenvalue weighted by Crippen LogP contribution is -1.99. The van der Waals surface area contributed by atoms with Crippen LogP contribution in [0.25, 0.3) is 0 Å². The number of hydrogen-bond acceptors (Lipinski definition) is 0. The largest absolute Gasteiger partial charge is 0.207 e. The Kier molecular flexibility index (Phi) is 4.36. The Labute approximate surface area is 118 Å². The zero-order valence-electron chi connectivity index (χ0n) is 9.34. The predicted octanol–water partition coefficient (Wildman–Crippen LogP) is 5.25. The first-order chi connectivity index (χ1) is 8.58. The van der Waals surface area contributed by atoms with E-state index in [4.69, 9.17) is 11.6 Å². The zero-order chi connectivity index (χ0) is 13.1. The van der Waals surface area contributed by atoms with E-state index < -0.39 is 5.38 Å². The number of rotatable bonds is 3. The molecule has 0 amide bonds. The maximum Gasteiger partial charge on any atom is 0.126 e. The van der Waals surface area contributed by atoms with Crippen LogP contribution >= 0.6 is 27.5 Å². The van der Waals surface area contributed by atoms with Gasteiger partial charge in [-0.15, -0.1) is 11.6 Å². The summed E-state index contributed by atoms with van der Waals surface area (Å²) < 4.78 is 27.1. The highest BCUT2D eigenvalue weighted by molar-refractivity contribution is 9.10. The molecule has 0 saturated heterocycles. The lowest BCUT2D eigenvalue weighted by Gasteiger charge is -2.12. The molecule has 2 aromatic rings. The summed E-state index contributed by atoms with van der Waals surface area (Å²) in [6.07, 6.45) is 0.360. The van der Waals surface area contributed by atoms with E-state index in [1.54, 1.807) is 24.3 Å². The van der Waals surface area contributed by atoms with Gasteiger partial charge in [-0.1, -0.05) is 40.2 Å². The second-order valence-corrected chi connectivity index (χ2v) is 5.31. The summed E-state index contributed by atoms with van der Waals surface area (Å²) in [6.45, 7) is 0. The molecular formula is C14H10BrClF2. The van der Waals surface area contributed by atoms with Crippen LogP contribution in [0, 0.1) is 11.6 Å². The third-order valence-electron chi connectivity index (χ3n) is 2.66. The fourth-order valence-electron chi connectivity index (χ4n) is 1.72. The van der Waals surface area contributed by atoms with Gasteiger partial charge in [0.05, 0.1) is 5.38 Å². The van der Waals surface area contributed by atoms with Gasteiger partial charge in [-0.3, -0.25) is 0 Å². The van der Waals surface area contributed by atoms with Crippen LogP contribution in [0.5, 0.6) is 0 Å². The molecule has 1 atom stereocenters. The van der Waals surface area contributed by atoms with Crippen LogP contribution in [0.15, 0.2) is 46.9 Å². The smallest absolute Gasteiger partial charge is 0.126 e. The SMILES string of the molecule is Fc1ccc(C(Cl)Cc2ccccc2F)c(Br)c1. The molecule has 4 heteroatoms. The topological polar surface area (TPSA) is 0 Å². The standard InChI is InChI=1S/C14H10BrClF2/c15-12-8-10(17)5-6-11(12)13(16)7-9-3-1-2-4-14(9)18/h1-6,8,13H,7H2. The van der Waals surface area contributed by atoms with Crippen molar-refractivity contribution in [2.24, 2.45) is 0 Å². The van der Waals surface area contributed by atoms with Gasteiger partial charge in [-0.2, -0.15) is 0 Å². The van der Waals surface area contributed by atoms with E-state index in [1.807, 2.05) is 0 Å². The van der Waals surface area contributed by atoms with E-state index in [0.29, 0.717) is 16.5 Å². The minimum Gasteiger partial charge on any atom is -0.207 e. The average Bonchev–Trinajstić information content (AvgIpc) is 2.32. The molecule has 0 spiro atoms. The molecule has 0 aliphatic heterocycles. The van der Waals surface area contributed by atoms with Gasteiger partial charge >= 0.3 is 0 Å². The molecule has 0 saturated carbocycles. The molecule has 18 heavy (non-hydrogen) atoms. The molecule has 2 aromatic carbocycles. The van der Waals surface area contributed by atoms with Crippen LogP contribution in [0.3, 0.4) is 0 Å². The van der Waals surface area contributed by atoms with Crippen LogP contribution in [0.1, 0.15) is 16.5 Å². The molecule has 2 rings (SSSR count). The quantitative estimate of drug-likeness (QED) is 0.674. The summed E-state index contributed by atoms with van der Waals surface area (Å²) >= 11 is 9.51. The first-order valence-corrected chi connectivity index (χ1v) is 6.63. The number of benzene rings is 2. The second kappa shape index (κ2) is 5.81. The van der Waals surface area contributed by atoms with E-state index in [2.05, 4.69) is 15.9 Å². The van der Waals surface area contributed by atoms with Crippen molar-refractivity contribution >= 4 is 27.5 Å². The van der Waals surface area contributed by atoms with E-state index in [-0.39, 0.29) is 11.6 Å². The summed E-state index contributed by atoms with van der Waals surface area (Å²) in [4.78, 5) is 0. The van der Waals surface area contributed by atoms with Gasteiger partial charge < -0.3 is 0 Å². The van der Waals surface area contributed by atoms with Crippen LogP contribution in [-0.4, -0.2) is 0 Å². The molecule has 0 N–H and O–H groups in total. The van der Waals surface area contributed by atoms with Crippen molar-refractivity contribution < 1.29 is 8.78 Å². The molecule has 0 heterocycles. The lowest BCUT2D eigenvalue weighted by atomic mass is 10.0. The first kappa shape index (κ1) is 13.5. The van der Waals surface area contributed by atoms with Crippen LogP contribution in [-0.2, 0) is 6.42 Å². The molecule has 0 aliphatic carbocycles. The van der Waals surface area contributed by atoms with Gasteiger partial charge in [0.1, 0.15) is 11.6 Å². The maximum atomic E-state index is 13.5. The van der Waals surface area contributed by atoms with Crippen molar-refractivity contribution in [2.45, 2.75) is 11.8 Å². The summed E-state index contributed by atoms with van der Waals surface area (Å²) in [5.74, 6) is -0.609. The first-order valence-electron chi connectivity index (χ1n) is 5.40. The Morgan fingerprint density at radius 2 is 1.83 bits per heavy atom. The van der Waals surface area contributed by atoms with Crippen LogP contribution in [0.4, 0.5) is 8.78 Å². The molecule has 1 unspecified atom stereocenters. The summed E-state index contributed by atoms with van der Waals surface area (Å²) in [5.41, 5.74) is 1.30. The summed E-state index contributed by atoms with van der Waals surface area (Å²) in [7, 11) is 0. The minimum absolute atomic E-state index is 0.276. The molecule has 0 fully saturated rings. The van der Waals surface area contributed by atoms with Crippen molar-refractivity contribution in [3.05, 3.63) is 69.7 Å². The van der Waals surface area contributed by atoms with Crippen LogP contribution in [0.2, 0.25) is 0 Å². The molecular weight excluding hydrogens is 322 g/mol. The van der Waals surface area contributed by atoms with E-state index in [1.165, 1.54) is 18.2 Å². The average molecular weight is 332 g/mol. The van der Waals surface area contributed by atoms with Gasteiger partial charge in [0, 0.05) is 4.47 Å². The van der Waals surface area contributed by atoms with Crippen molar-refractivity contribution in [1.82, 2.24) is 0 Å². The fraction of sp³-hybridized carbons (Fsp3) is 0.143. The molecule has 0 radical (unpaired) electrons. The molecule has 0 bridgehead atoms. The third kappa shape index (κ3) is 3.09. The Hall–Kier alpha value is -0.930. The number of hydrogen-bond donors (Lipinski definition) is 0. The third-order valence-corrected chi connectivity index (χ3v) is 3.73. The highest BCUT2D eigenvalue weighted by atomic mass is 79.9. The van der Waals surface area contributed by atoms with Crippen LogP contribution < -0.4 is 0 Å². The normalized spacial score (nSPS) is 12.4. The molecule has 0 aliphatic rings. The van der Waals surface area contributed by atoms with E-state index >= 15 is 0 Å². The maximum absolute atomic E-state index is 13.5. The Bertz CT molecular complexity index is 557. The van der Waals surface area contributed by atoms with E-state index in [9.17, 15) is 8.78 Å². The van der Waals surface area contributed by atoms with E-state index in [0.717, 1.165) is 5.56 Å². The zero-order valence-corrected chi connectivity index (χ0v) is 11.7. The van der Waals surface area contributed by atoms with Crippen molar-refractivity contribution in [3.63, 3.8) is 0 Å². The molecule has 0 aromatic heterocycles. The van der Waals surface area contributed by atoms with Crippen molar-refractivity contribution in [1.29, 1.82) is 0 Å². The van der Waals surface area contributed by atoms with Gasteiger partial charge in [-0.25, -0.2) is 8.78 Å². The Balaban J connectivity index is 2.22. The monoisotopic (exact) mass is 330 g/mol. The number of halogens is 4.